The van der Waals surface area contributed by atoms with E-state index < -0.39 is 29.0 Å². The molecule has 1 saturated carbocycles. The van der Waals surface area contributed by atoms with Crippen LogP contribution in [0.25, 0.3) is 0 Å². The van der Waals surface area contributed by atoms with Gasteiger partial charge in [0, 0.05) is 29.4 Å². The second kappa shape index (κ2) is 6.41. The molecular weight excluding hydrogens is 385 g/mol. The van der Waals surface area contributed by atoms with E-state index in [1.165, 1.54) is 6.07 Å². The van der Waals surface area contributed by atoms with E-state index in [-0.39, 0.29) is 5.71 Å². The van der Waals surface area contributed by atoms with Gasteiger partial charge in [0.05, 0.1) is 29.8 Å². The zero-order valence-corrected chi connectivity index (χ0v) is 14.6. The maximum absolute atomic E-state index is 14.5. The summed E-state index contributed by atoms with van der Waals surface area (Å²) in [6.45, 7) is 0.883. The molecule has 1 aliphatic carbocycles. The van der Waals surface area contributed by atoms with Gasteiger partial charge in [0.15, 0.2) is 0 Å². The molecule has 1 aliphatic heterocycles. The smallest absolute Gasteiger partial charge is 0.203 e. The summed E-state index contributed by atoms with van der Waals surface area (Å²) in [5.41, 5.74) is -1.22. The first-order valence-electron chi connectivity index (χ1n) is 7.67. The largest absolute Gasteiger partial charge is 0.313 e. The number of nitriles is 3. The Kier molecular flexibility index (Phi) is 4.43. The molecule has 1 heterocycles. The van der Waals surface area contributed by atoms with Crippen LogP contribution in [0.4, 0.5) is 4.39 Å². The van der Waals surface area contributed by atoms with Crippen LogP contribution in [0.15, 0.2) is 34.3 Å². The van der Waals surface area contributed by atoms with Gasteiger partial charge in [-0.05, 0) is 29.3 Å². The predicted octanol–water partition coefficient (Wildman–Crippen LogP) is 3.02. The van der Waals surface area contributed by atoms with Crippen molar-refractivity contribution in [3.8, 4) is 18.2 Å². The molecule has 1 aromatic carbocycles. The quantitative estimate of drug-likeness (QED) is 0.709. The summed E-state index contributed by atoms with van der Waals surface area (Å²) in [7, 11) is 0. The molecule has 2 aliphatic rings. The number of hydrogen-bond donors (Lipinski definition) is 2. The second-order valence-corrected chi connectivity index (χ2v) is 7.03. The third-order valence-corrected chi connectivity index (χ3v) is 5.46. The first-order chi connectivity index (χ1) is 12.0. The lowest BCUT2D eigenvalue weighted by molar-refractivity contribution is 0.348. The molecule has 1 aromatic rings. The molecule has 0 radical (unpaired) electrons. The van der Waals surface area contributed by atoms with Gasteiger partial charge in [-0.3, -0.25) is 0 Å². The van der Waals surface area contributed by atoms with Crippen LogP contribution in [0.1, 0.15) is 11.5 Å². The number of rotatable bonds is 1. The van der Waals surface area contributed by atoms with Crippen molar-refractivity contribution < 1.29 is 4.39 Å². The highest BCUT2D eigenvalue weighted by Gasteiger charge is 2.56. The molecule has 0 aromatic heterocycles. The average Bonchev–Trinajstić information content (AvgIpc) is 2.63. The van der Waals surface area contributed by atoms with E-state index in [2.05, 4.69) is 21.2 Å². The Balaban J connectivity index is 2.26. The van der Waals surface area contributed by atoms with Crippen molar-refractivity contribution in [2.24, 2.45) is 17.3 Å². The van der Waals surface area contributed by atoms with Crippen molar-refractivity contribution in [2.75, 3.05) is 13.1 Å². The maximum Gasteiger partial charge on any atom is 0.203 e. The Morgan fingerprint density at radius 3 is 2.64 bits per heavy atom. The van der Waals surface area contributed by atoms with Gasteiger partial charge in [0.25, 0.3) is 0 Å². The normalized spacial score (nSPS) is 27.2. The van der Waals surface area contributed by atoms with Crippen LogP contribution < -0.4 is 5.32 Å². The van der Waals surface area contributed by atoms with E-state index in [4.69, 9.17) is 5.41 Å². The lowest BCUT2D eigenvalue weighted by Crippen LogP contribution is -2.51. The summed E-state index contributed by atoms with van der Waals surface area (Å²) >= 11 is 3.32. The maximum atomic E-state index is 14.5. The first kappa shape index (κ1) is 17.3. The monoisotopic (exact) mass is 397 g/mol. The molecule has 2 N–H and O–H groups in total. The molecule has 25 heavy (non-hydrogen) atoms. The highest BCUT2D eigenvalue weighted by molar-refractivity contribution is 9.10. The first-order valence-corrected chi connectivity index (χ1v) is 8.46. The molecule has 0 bridgehead atoms. The third-order valence-electron chi connectivity index (χ3n) is 4.96. The van der Waals surface area contributed by atoms with Crippen LogP contribution >= 0.6 is 15.9 Å². The van der Waals surface area contributed by atoms with Crippen LogP contribution in [0.5, 0.6) is 0 Å². The van der Waals surface area contributed by atoms with Gasteiger partial charge >= 0.3 is 0 Å². The Bertz CT molecular complexity index is 888. The van der Waals surface area contributed by atoms with Crippen molar-refractivity contribution in [1.82, 2.24) is 5.32 Å². The Labute approximate surface area is 153 Å². The van der Waals surface area contributed by atoms with Crippen LogP contribution in [0.3, 0.4) is 0 Å². The number of halogens is 2. The highest BCUT2D eigenvalue weighted by Crippen LogP contribution is 2.52. The SMILES string of the molecule is N#CC1C(=N)C(C#N)(C#N)C2=CCNC[C@@H]2[C@@H]1c1cc(Br)ccc1F. The fourth-order valence-electron chi connectivity index (χ4n) is 3.82. The van der Waals surface area contributed by atoms with Crippen LogP contribution in [-0.4, -0.2) is 18.8 Å². The van der Waals surface area contributed by atoms with Crippen LogP contribution in [-0.2, 0) is 0 Å². The molecule has 7 heteroatoms. The fraction of sp³-hybridized carbons (Fsp3) is 0.333. The number of nitrogens with one attached hydrogen (secondary N) is 2. The summed E-state index contributed by atoms with van der Waals surface area (Å²) in [5, 5.41) is 40.6. The highest BCUT2D eigenvalue weighted by atomic mass is 79.9. The van der Waals surface area contributed by atoms with E-state index in [1.807, 2.05) is 18.2 Å². The predicted molar refractivity (Wildman–Crippen MR) is 91.8 cm³/mol. The lowest BCUT2D eigenvalue weighted by atomic mass is 9.55. The lowest BCUT2D eigenvalue weighted by Gasteiger charge is -2.45. The zero-order chi connectivity index (χ0) is 18.2. The second-order valence-electron chi connectivity index (χ2n) is 6.11. The van der Waals surface area contributed by atoms with Crippen LogP contribution in [0, 0.1) is 62.5 Å². The molecule has 5 nitrogen and oxygen atoms in total. The fourth-order valence-corrected chi connectivity index (χ4v) is 4.20. The minimum atomic E-state index is -1.76. The molecule has 1 fully saturated rings. The van der Waals surface area contributed by atoms with Crippen molar-refractivity contribution in [1.29, 1.82) is 21.2 Å². The number of hydrogen-bond acceptors (Lipinski definition) is 5. The van der Waals surface area contributed by atoms with Crippen LogP contribution in [0.2, 0.25) is 0 Å². The van der Waals surface area contributed by atoms with Crippen molar-refractivity contribution in [3.63, 3.8) is 0 Å². The number of benzene rings is 1. The van der Waals surface area contributed by atoms with E-state index in [1.54, 1.807) is 18.2 Å². The van der Waals surface area contributed by atoms with Crippen molar-refractivity contribution in [2.45, 2.75) is 5.92 Å². The summed E-state index contributed by atoms with van der Waals surface area (Å²) in [5.74, 6) is -2.56. The Morgan fingerprint density at radius 2 is 2.00 bits per heavy atom. The molecule has 3 rings (SSSR count). The van der Waals surface area contributed by atoms with Crippen molar-refractivity contribution >= 4 is 21.6 Å². The van der Waals surface area contributed by atoms with Crippen molar-refractivity contribution in [3.05, 3.63) is 45.7 Å². The van der Waals surface area contributed by atoms with E-state index in [0.29, 0.717) is 28.7 Å². The standard InChI is InChI=1S/C18H13BrFN5/c19-10-1-2-15(20)11(5-10)16-12(6-21)17(24)18(8-22,9-23)14-3-4-25-7-13(14)16/h1-3,5,12-13,16,24-25H,4,7H2/t12?,13-,16+/m0/s1. The molecule has 0 saturated heterocycles. The van der Waals surface area contributed by atoms with E-state index in [0.717, 1.165) is 0 Å². The van der Waals surface area contributed by atoms with E-state index in [9.17, 15) is 20.2 Å². The minimum Gasteiger partial charge on any atom is -0.313 e. The molecular formula is C18H13BrFN5. The summed E-state index contributed by atoms with van der Waals surface area (Å²) in [6, 6.07) is 10.4. The zero-order valence-electron chi connectivity index (χ0n) is 13.1. The van der Waals surface area contributed by atoms with Gasteiger partial charge < -0.3 is 10.7 Å². The Hall–Kier alpha value is -2.53. The van der Waals surface area contributed by atoms with Gasteiger partial charge in [-0.2, -0.15) is 15.8 Å². The van der Waals surface area contributed by atoms with Gasteiger partial charge in [-0.25, -0.2) is 4.39 Å². The van der Waals surface area contributed by atoms with Gasteiger partial charge in [-0.1, -0.05) is 22.0 Å². The molecule has 0 spiro atoms. The summed E-state index contributed by atoms with van der Waals surface area (Å²) in [4.78, 5) is 0. The van der Waals surface area contributed by atoms with E-state index >= 15 is 0 Å². The van der Waals surface area contributed by atoms with Gasteiger partial charge in [0.2, 0.25) is 5.41 Å². The molecule has 124 valence electrons. The van der Waals surface area contributed by atoms with Gasteiger partial charge in [-0.15, -0.1) is 0 Å². The topological polar surface area (TPSA) is 107 Å². The summed E-state index contributed by atoms with van der Waals surface area (Å²) in [6.07, 6.45) is 1.73. The summed E-state index contributed by atoms with van der Waals surface area (Å²) < 4.78 is 15.2. The number of nitrogens with zero attached hydrogens (tertiary/aromatic N) is 3. The average molecular weight is 398 g/mol. The number of fused-ring (bicyclic) bond motifs is 1. The Morgan fingerprint density at radius 1 is 1.28 bits per heavy atom. The van der Waals surface area contributed by atoms with Gasteiger partial charge in [0.1, 0.15) is 5.82 Å². The molecule has 1 unspecified atom stereocenters. The molecule has 0 amide bonds. The third kappa shape index (κ3) is 2.46. The molecule has 3 atom stereocenters. The minimum absolute atomic E-state index is 0.270.